The van der Waals surface area contributed by atoms with Crippen LogP contribution in [0.5, 0.6) is 0 Å². The highest BCUT2D eigenvalue weighted by Gasteiger charge is 2.36. The van der Waals surface area contributed by atoms with E-state index in [2.05, 4.69) is 20.3 Å². The van der Waals surface area contributed by atoms with Crippen molar-refractivity contribution in [2.45, 2.75) is 24.1 Å². The van der Waals surface area contributed by atoms with Gasteiger partial charge in [-0.2, -0.15) is 9.97 Å². The summed E-state index contributed by atoms with van der Waals surface area (Å²) in [6.45, 7) is 0.340. The molecule has 26 heavy (non-hydrogen) atoms. The van der Waals surface area contributed by atoms with E-state index in [-0.39, 0.29) is 11.1 Å². The van der Waals surface area contributed by atoms with E-state index in [0.717, 1.165) is 5.56 Å². The smallest absolute Gasteiger partial charge is 0.226 e. The molecule has 2 aromatic heterocycles. The lowest BCUT2D eigenvalue weighted by molar-refractivity contribution is 0.0313. The van der Waals surface area contributed by atoms with E-state index >= 15 is 0 Å². The van der Waals surface area contributed by atoms with Gasteiger partial charge in [0.15, 0.2) is 17.0 Å². The van der Waals surface area contributed by atoms with Gasteiger partial charge < -0.3 is 15.5 Å². The number of hydrogen-bond donors (Lipinski definition) is 3. The Hall–Kier alpha value is -1.94. The minimum atomic E-state index is -0.921. The van der Waals surface area contributed by atoms with Gasteiger partial charge in [-0.05, 0) is 29.3 Å². The lowest BCUT2D eigenvalue weighted by Crippen LogP contribution is -2.27. The average Bonchev–Trinajstić information content (AvgIpc) is 3.17. The molecule has 10 heteroatoms. The molecule has 0 amide bonds. The van der Waals surface area contributed by atoms with Crippen molar-refractivity contribution in [3.63, 3.8) is 0 Å². The SMILES string of the molecule is OC1CS[C@@H](n2cnc3c(NCc4cccc(F)c4)nc(Cl)nc32)C1O. The van der Waals surface area contributed by atoms with Crippen LogP contribution in [0.4, 0.5) is 10.2 Å². The third-order valence-electron chi connectivity index (χ3n) is 4.14. The highest BCUT2D eigenvalue weighted by Crippen LogP contribution is 2.38. The van der Waals surface area contributed by atoms with Crippen LogP contribution in [0.2, 0.25) is 5.28 Å². The van der Waals surface area contributed by atoms with Crippen LogP contribution in [0.1, 0.15) is 10.9 Å². The number of aromatic nitrogens is 4. The summed E-state index contributed by atoms with van der Waals surface area (Å²) in [5.41, 5.74) is 1.69. The monoisotopic (exact) mass is 395 g/mol. The van der Waals surface area contributed by atoms with Crippen molar-refractivity contribution >= 4 is 40.3 Å². The maximum Gasteiger partial charge on any atom is 0.226 e. The number of fused-ring (bicyclic) bond motifs is 1. The van der Waals surface area contributed by atoms with Crippen molar-refractivity contribution < 1.29 is 14.6 Å². The largest absolute Gasteiger partial charge is 0.389 e. The summed E-state index contributed by atoms with van der Waals surface area (Å²) in [4.78, 5) is 12.7. The van der Waals surface area contributed by atoms with Gasteiger partial charge in [0.2, 0.25) is 5.28 Å². The van der Waals surface area contributed by atoms with Crippen molar-refractivity contribution in [1.29, 1.82) is 0 Å². The Labute approximate surface area is 157 Å². The number of rotatable bonds is 4. The molecule has 1 aromatic carbocycles. The summed E-state index contributed by atoms with van der Waals surface area (Å²) in [5, 5.41) is 22.7. The molecule has 1 aliphatic rings. The van der Waals surface area contributed by atoms with Crippen LogP contribution >= 0.6 is 23.4 Å². The second-order valence-electron chi connectivity index (χ2n) is 5.93. The summed E-state index contributed by atoms with van der Waals surface area (Å²) in [7, 11) is 0. The van der Waals surface area contributed by atoms with Crippen molar-refractivity contribution in [2.24, 2.45) is 0 Å². The van der Waals surface area contributed by atoms with Gasteiger partial charge in [0, 0.05) is 12.3 Å². The van der Waals surface area contributed by atoms with Crippen LogP contribution in [0.15, 0.2) is 30.6 Å². The number of hydrogen-bond acceptors (Lipinski definition) is 7. The first-order valence-corrected chi connectivity index (χ1v) is 9.32. The first kappa shape index (κ1) is 17.5. The Morgan fingerprint density at radius 1 is 1.35 bits per heavy atom. The molecule has 1 fully saturated rings. The van der Waals surface area contributed by atoms with Crippen molar-refractivity contribution in [2.75, 3.05) is 11.1 Å². The molecule has 0 radical (unpaired) electrons. The fourth-order valence-electron chi connectivity index (χ4n) is 2.86. The number of benzene rings is 1. The number of thioether (sulfide) groups is 1. The predicted octanol–water partition coefficient (Wildman–Crippen LogP) is 2.20. The number of nitrogens with one attached hydrogen (secondary N) is 1. The second-order valence-corrected chi connectivity index (χ2v) is 7.42. The van der Waals surface area contributed by atoms with Gasteiger partial charge in [-0.25, -0.2) is 9.37 Å². The molecular weight excluding hydrogens is 381 g/mol. The number of halogens is 2. The molecule has 3 aromatic rings. The first-order chi connectivity index (χ1) is 12.5. The van der Waals surface area contributed by atoms with Crippen molar-refractivity contribution in [3.05, 3.63) is 47.3 Å². The Kier molecular flexibility index (Phi) is 4.70. The lowest BCUT2D eigenvalue weighted by Gasteiger charge is -2.17. The summed E-state index contributed by atoms with van der Waals surface area (Å²) in [6.07, 6.45) is -0.178. The van der Waals surface area contributed by atoms with Crippen LogP contribution in [0.3, 0.4) is 0 Å². The zero-order valence-electron chi connectivity index (χ0n) is 13.4. The molecule has 4 rings (SSSR count). The number of aliphatic hydroxyl groups excluding tert-OH is 2. The molecule has 1 saturated heterocycles. The van der Waals surface area contributed by atoms with Crippen molar-refractivity contribution in [1.82, 2.24) is 19.5 Å². The van der Waals surface area contributed by atoms with E-state index in [4.69, 9.17) is 11.6 Å². The summed E-state index contributed by atoms with van der Waals surface area (Å²) >= 11 is 7.46. The molecule has 0 saturated carbocycles. The van der Waals surface area contributed by atoms with E-state index in [1.165, 1.54) is 23.9 Å². The standard InChI is InChI=1S/C16H15ClFN5O2S/c17-16-21-13(19-5-8-2-1-3-9(18)4-8)11-14(22-16)23(7-20-11)15-12(25)10(24)6-26-15/h1-4,7,10,12,15,24-25H,5-6H2,(H,19,21,22)/t10?,12?,15-/m1/s1. The molecule has 0 aliphatic carbocycles. The lowest BCUT2D eigenvalue weighted by atomic mass is 10.2. The number of anilines is 1. The number of aliphatic hydroxyl groups is 2. The highest BCUT2D eigenvalue weighted by atomic mass is 35.5. The highest BCUT2D eigenvalue weighted by molar-refractivity contribution is 7.99. The topological polar surface area (TPSA) is 96.1 Å². The molecule has 3 N–H and O–H groups in total. The fourth-order valence-corrected chi connectivity index (χ4v) is 4.31. The van der Waals surface area contributed by atoms with Crippen LogP contribution in [0.25, 0.3) is 11.2 Å². The fraction of sp³-hybridized carbons (Fsp3) is 0.312. The molecule has 136 valence electrons. The Bertz CT molecular complexity index is 956. The summed E-state index contributed by atoms with van der Waals surface area (Å²) in [6, 6.07) is 6.23. The summed E-state index contributed by atoms with van der Waals surface area (Å²) in [5.74, 6) is 0.529. The third-order valence-corrected chi connectivity index (χ3v) is 5.69. The maximum atomic E-state index is 13.3. The van der Waals surface area contributed by atoms with Crippen LogP contribution in [-0.2, 0) is 6.54 Å². The Morgan fingerprint density at radius 2 is 2.19 bits per heavy atom. The van der Waals surface area contributed by atoms with Gasteiger partial charge >= 0.3 is 0 Å². The first-order valence-electron chi connectivity index (χ1n) is 7.89. The molecule has 0 bridgehead atoms. The van der Waals surface area contributed by atoms with E-state index in [0.29, 0.717) is 29.3 Å². The zero-order chi connectivity index (χ0) is 18.3. The average molecular weight is 396 g/mol. The quantitative estimate of drug-likeness (QED) is 0.583. The minimum Gasteiger partial charge on any atom is -0.389 e. The van der Waals surface area contributed by atoms with E-state index in [9.17, 15) is 14.6 Å². The molecule has 3 heterocycles. The van der Waals surface area contributed by atoms with Gasteiger partial charge in [0.1, 0.15) is 17.3 Å². The maximum absolute atomic E-state index is 13.3. The van der Waals surface area contributed by atoms with E-state index < -0.39 is 17.6 Å². The predicted molar refractivity (Wildman–Crippen MR) is 97.6 cm³/mol. The normalized spacial score (nSPS) is 22.8. The minimum absolute atomic E-state index is 0.0269. The van der Waals surface area contributed by atoms with Gasteiger partial charge in [-0.1, -0.05) is 12.1 Å². The third kappa shape index (κ3) is 3.23. The van der Waals surface area contributed by atoms with Crippen LogP contribution in [-0.4, -0.2) is 47.7 Å². The number of imidazole rings is 1. The second kappa shape index (κ2) is 6.99. The molecule has 0 spiro atoms. The Balaban J connectivity index is 1.66. The Morgan fingerprint density at radius 3 is 2.92 bits per heavy atom. The molecule has 3 atom stereocenters. The van der Waals surface area contributed by atoms with Gasteiger partial charge in [-0.3, -0.25) is 4.57 Å². The summed E-state index contributed by atoms with van der Waals surface area (Å²) < 4.78 is 15.0. The number of nitrogens with zero attached hydrogens (tertiary/aromatic N) is 4. The van der Waals surface area contributed by atoms with Gasteiger partial charge in [-0.15, -0.1) is 11.8 Å². The van der Waals surface area contributed by atoms with E-state index in [1.54, 1.807) is 23.0 Å². The molecule has 1 aliphatic heterocycles. The zero-order valence-corrected chi connectivity index (χ0v) is 15.0. The molecule has 2 unspecified atom stereocenters. The van der Waals surface area contributed by atoms with E-state index in [1.807, 2.05) is 0 Å². The van der Waals surface area contributed by atoms with Crippen molar-refractivity contribution in [3.8, 4) is 0 Å². The van der Waals surface area contributed by atoms with Gasteiger partial charge in [0.25, 0.3) is 0 Å². The van der Waals surface area contributed by atoms with Crippen LogP contribution < -0.4 is 5.32 Å². The molecule has 7 nitrogen and oxygen atoms in total. The van der Waals surface area contributed by atoms with Crippen LogP contribution in [0, 0.1) is 5.82 Å². The molecular formula is C16H15ClFN5O2S. The van der Waals surface area contributed by atoms with Gasteiger partial charge in [0.05, 0.1) is 12.4 Å².